The molecule has 2 aliphatic rings. The van der Waals surface area contributed by atoms with E-state index in [0.717, 1.165) is 30.8 Å². The average Bonchev–Trinajstić information content (AvgIpc) is 2.97. The summed E-state index contributed by atoms with van der Waals surface area (Å²) < 4.78 is 8.21. The standard InChI is InChI=1S/C20H30N4O/c1-14-11-19-21-13-18(16(3)24(19)23-14)15(2)22-17-7-10-25-20(12-17)8-5-4-6-9-20/h11,13,15,17,22H,4-10,12H2,1-3H3. The molecular weight excluding hydrogens is 312 g/mol. The fourth-order valence-corrected chi connectivity index (χ4v) is 4.76. The van der Waals surface area contributed by atoms with Crippen LogP contribution in [0.1, 0.15) is 74.9 Å². The van der Waals surface area contributed by atoms with Gasteiger partial charge in [-0.1, -0.05) is 19.3 Å². The summed E-state index contributed by atoms with van der Waals surface area (Å²) in [6, 6.07) is 2.82. The van der Waals surface area contributed by atoms with Crippen molar-refractivity contribution in [3.05, 3.63) is 29.2 Å². The largest absolute Gasteiger partial charge is 0.375 e. The molecule has 2 aromatic rings. The third-order valence-electron chi connectivity index (χ3n) is 6.09. The van der Waals surface area contributed by atoms with Crippen LogP contribution in [-0.2, 0) is 4.74 Å². The van der Waals surface area contributed by atoms with Crippen LogP contribution in [0, 0.1) is 13.8 Å². The first kappa shape index (κ1) is 17.0. The Bertz CT molecular complexity index is 742. The van der Waals surface area contributed by atoms with Crippen LogP contribution in [0.15, 0.2) is 12.3 Å². The average molecular weight is 342 g/mol. The van der Waals surface area contributed by atoms with Gasteiger partial charge < -0.3 is 10.1 Å². The zero-order valence-corrected chi connectivity index (χ0v) is 15.7. The maximum atomic E-state index is 6.24. The van der Waals surface area contributed by atoms with Crippen molar-refractivity contribution in [1.82, 2.24) is 19.9 Å². The Morgan fingerprint density at radius 2 is 2.08 bits per heavy atom. The Labute approximate surface area is 150 Å². The smallest absolute Gasteiger partial charge is 0.155 e. The van der Waals surface area contributed by atoms with E-state index in [4.69, 9.17) is 4.74 Å². The van der Waals surface area contributed by atoms with Crippen LogP contribution in [0.2, 0.25) is 0 Å². The number of nitrogens with one attached hydrogen (secondary N) is 1. The Balaban J connectivity index is 1.49. The lowest BCUT2D eigenvalue weighted by Gasteiger charge is -2.44. The second-order valence-electron chi connectivity index (χ2n) is 8.02. The molecule has 2 unspecified atom stereocenters. The lowest BCUT2D eigenvalue weighted by atomic mass is 9.78. The van der Waals surface area contributed by atoms with Gasteiger partial charge in [-0.05, 0) is 46.5 Å². The fourth-order valence-electron chi connectivity index (χ4n) is 4.76. The van der Waals surface area contributed by atoms with Crippen molar-refractivity contribution in [2.24, 2.45) is 0 Å². The van der Waals surface area contributed by atoms with Crippen molar-refractivity contribution in [3.63, 3.8) is 0 Å². The summed E-state index contributed by atoms with van der Waals surface area (Å²) in [5, 5.41) is 8.44. The summed E-state index contributed by atoms with van der Waals surface area (Å²) in [5.74, 6) is 0. The number of hydrogen-bond acceptors (Lipinski definition) is 4. The van der Waals surface area contributed by atoms with Crippen molar-refractivity contribution >= 4 is 5.65 Å². The van der Waals surface area contributed by atoms with Crippen LogP contribution in [0.4, 0.5) is 0 Å². The van der Waals surface area contributed by atoms with Gasteiger partial charge in [0.05, 0.1) is 11.3 Å². The molecule has 4 rings (SSSR count). The van der Waals surface area contributed by atoms with Crippen molar-refractivity contribution < 1.29 is 4.74 Å². The van der Waals surface area contributed by atoms with Crippen LogP contribution >= 0.6 is 0 Å². The maximum absolute atomic E-state index is 6.24. The van der Waals surface area contributed by atoms with Crippen molar-refractivity contribution in [1.29, 1.82) is 0 Å². The van der Waals surface area contributed by atoms with Crippen LogP contribution in [0.3, 0.4) is 0 Å². The Morgan fingerprint density at radius 1 is 1.28 bits per heavy atom. The van der Waals surface area contributed by atoms with Gasteiger partial charge in [-0.25, -0.2) is 9.50 Å². The minimum Gasteiger partial charge on any atom is -0.375 e. The van der Waals surface area contributed by atoms with E-state index in [-0.39, 0.29) is 11.6 Å². The third kappa shape index (κ3) is 3.32. The Hall–Kier alpha value is -1.46. The van der Waals surface area contributed by atoms with Crippen LogP contribution in [-0.4, -0.2) is 32.8 Å². The first-order chi connectivity index (χ1) is 12.1. The number of ether oxygens (including phenoxy) is 1. The first-order valence-corrected chi connectivity index (χ1v) is 9.78. The highest BCUT2D eigenvalue weighted by atomic mass is 16.5. The van der Waals surface area contributed by atoms with Crippen LogP contribution in [0.25, 0.3) is 5.65 Å². The molecule has 1 aliphatic heterocycles. The van der Waals surface area contributed by atoms with E-state index in [2.05, 4.69) is 29.2 Å². The molecule has 2 atom stereocenters. The number of fused-ring (bicyclic) bond motifs is 1. The van der Waals surface area contributed by atoms with E-state index in [0.29, 0.717) is 6.04 Å². The summed E-state index contributed by atoms with van der Waals surface area (Å²) in [4.78, 5) is 4.60. The monoisotopic (exact) mass is 342 g/mol. The van der Waals surface area contributed by atoms with Gasteiger partial charge in [0.1, 0.15) is 0 Å². The van der Waals surface area contributed by atoms with Gasteiger partial charge in [0.15, 0.2) is 5.65 Å². The lowest BCUT2D eigenvalue weighted by molar-refractivity contribution is -0.110. The second-order valence-corrected chi connectivity index (χ2v) is 8.02. The summed E-state index contributed by atoms with van der Waals surface area (Å²) in [5.41, 5.74) is 4.50. The normalized spacial score (nSPS) is 24.7. The van der Waals surface area contributed by atoms with Gasteiger partial charge in [-0.3, -0.25) is 0 Å². The van der Waals surface area contributed by atoms with Gasteiger partial charge in [0.25, 0.3) is 0 Å². The summed E-state index contributed by atoms with van der Waals surface area (Å²) >= 11 is 0. The van der Waals surface area contributed by atoms with Crippen LogP contribution < -0.4 is 5.32 Å². The van der Waals surface area contributed by atoms with Crippen molar-refractivity contribution in [3.8, 4) is 0 Å². The molecule has 1 saturated heterocycles. The van der Waals surface area contributed by atoms with Gasteiger partial charge in [-0.15, -0.1) is 0 Å². The molecule has 2 aromatic heterocycles. The maximum Gasteiger partial charge on any atom is 0.155 e. The molecule has 0 bridgehead atoms. The number of aromatic nitrogens is 3. The van der Waals surface area contributed by atoms with E-state index in [1.807, 2.05) is 23.7 Å². The number of hydrogen-bond donors (Lipinski definition) is 1. The minimum atomic E-state index is 0.143. The molecule has 25 heavy (non-hydrogen) atoms. The minimum absolute atomic E-state index is 0.143. The van der Waals surface area contributed by atoms with E-state index in [9.17, 15) is 0 Å². The van der Waals surface area contributed by atoms with E-state index >= 15 is 0 Å². The summed E-state index contributed by atoms with van der Waals surface area (Å²) in [6.45, 7) is 7.29. The number of rotatable bonds is 3. The highest BCUT2D eigenvalue weighted by molar-refractivity contribution is 5.42. The number of nitrogens with zero attached hydrogens (tertiary/aromatic N) is 3. The van der Waals surface area contributed by atoms with Crippen molar-refractivity contribution in [2.45, 2.75) is 83.4 Å². The van der Waals surface area contributed by atoms with Gasteiger partial charge in [-0.2, -0.15) is 5.10 Å². The third-order valence-corrected chi connectivity index (χ3v) is 6.09. The van der Waals surface area contributed by atoms with E-state index < -0.39 is 0 Å². The van der Waals surface area contributed by atoms with Crippen molar-refractivity contribution in [2.75, 3.05) is 6.61 Å². The molecule has 2 fully saturated rings. The molecule has 1 spiro atoms. The zero-order chi connectivity index (χ0) is 17.4. The van der Waals surface area contributed by atoms with E-state index in [1.54, 1.807) is 0 Å². The Kier molecular flexibility index (Phi) is 4.54. The topological polar surface area (TPSA) is 51.5 Å². The molecule has 3 heterocycles. The number of aryl methyl sites for hydroxylation is 2. The fraction of sp³-hybridized carbons (Fsp3) is 0.700. The molecule has 5 heteroatoms. The predicted molar refractivity (Wildman–Crippen MR) is 98.8 cm³/mol. The first-order valence-electron chi connectivity index (χ1n) is 9.78. The molecule has 0 radical (unpaired) electrons. The quantitative estimate of drug-likeness (QED) is 0.920. The van der Waals surface area contributed by atoms with E-state index in [1.165, 1.54) is 43.4 Å². The van der Waals surface area contributed by atoms with Gasteiger partial charge in [0, 0.05) is 42.2 Å². The summed E-state index contributed by atoms with van der Waals surface area (Å²) in [6.07, 6.45) is 10.7. The second kappa shape index (κ2) is 6.69. The summed E-state index contributed by atoms with van der Waals surface area (Å²) in [7, 11) is 0. The zero-order valence-electron chi connectivity index (χ0n) is 15.7. The molecular formula is C20H30N4O. The molecule has 1 aliphatic carbocycles. The Morgan fingerprint density at radius 3 is 2.88 bits per heavy atom. The lowest BCUT2D eigenvalue weighted by Crippen LogP contribution is -2.48. The highest BCUT2D eigenvalue weighted by Crippen LogP contribution is 2.39. The predicted octanol–water partition coefficient (Wildman–Crippen LogP) is 3.88. The molecule has 0 amide bonds. The van der Waals surface area contributed by atoms with Crippen LogP contribution in [0.5, 0.6) is 0 Å². The highest BCUT2D eigenvalue weighted by Gasteiger charge is 2.38. The molecule has 5 nitrogen and oxygen atoms in total. The molecule has 1 saturated carbocycles. The van der Waals surface area contributed by atoms with Gasteiger partial charge >= 0.3 is 0 Å². The SMILES string of the molecule is Cc1cc2ncc(C(C)NC3CCOC4(CCCCC4)C3)c(C)n2n1. The molecule has 1 N–H and O–H groups in total. The molecule has 0 aromatic carbocycles. The molecule has 136 valence electrons. The van der Waals surface area contributed by atoms with Gasteiger partial charge in [0.2, 0.25) is 0 Å².